The van der Waals surface area contributed by atoms with Gasteiger partial charge in [0.05, 0.1) is 35.1 Å². The van der Waals surface area contributed by atoms with Crippen LogP contribution in [0.5, 0.6) is 0 Å². The summed E-state index contributed by atoms with van der Waals surface area (Å²) < 4.78 is 0. The van der Waals surface area contributed by atoms with Crippen molar-refractivity contribution in [3.8, 4) is 6.07 Å². The summed E-state index contributed by atoms with van der Waals surface area (Å²) in [5.74, 6) is 0.582. The Morgan fingerprint density at radius 2 is 1.81 bits per heavy atom. The fourth-order valence-corrected chi connectivity index (χ4v) is 1.83. The van der Waals surface area contributed by atoms with Gasteiger partial charge in [-0.05, 0) is 29.8 Å². The number of rotatable bonds is 3. The predicted molar refractivity (Wildman–Crippen MR) is 81.9 cm³/mol. The van der Waals surface area contributed by atoms with Gasteiger partial charge in [-0.15, -0.1) is 0 Å². The van der Waals surface area contributed by atoms with E-state index in [-0.39, 0.29) is 0 Å². The van der Waals surface area contributed by atoms with E-state index < -0.39 is 0 Å². The van der Waals surface area contributed by atoms with Gasteiger partial charge in [0.2, 0.25) is 0 Å². The largest absolute Gasteiger partial charge is 0.260 e. The van der Waals surface area contributed by atoms with Crippen molar-refractivity contribution in [1.29, 1.82) is 5.26 Å². The normalized spacial score (nSPS) is 10.6. The summed E-state index contributed by atoms with van der Waals surface area (Å²) >= 11 is 0. The second-order valence-corrected chi connectivity index (χ2v) is 4.35. The zero-order valence-electron chi connectivity index (χ0n) is 11.1. The van der Waals surface area contributed by atoms with Gasteiger partial charge < -0.3 is 0 Å². The van der Waals surface area contributed by atoms with Crippen molar-refractivity contribution < 1.29 is 0 Å². The summed E-state index contributed by atoms with van der Waals surface area (Å²) in [4.78, 5) is 8.70. The number of nitrogens with zero attached hydrogens (tertiary/aromatic N) is 4. The summed E-state index contributed by atoms with van der Waals surface area (Å²) in [6, 6.07) is 16.9. The molecular formula is C16H11N5. The molecule has 0 aliphatic heterocycles. The van der Waals surface area contributed by atoms with E-state index in [9.17, 15) is 0 Å². The van der Waals surface area contributed by atoms with Crippen LogP contribution in [0.25, 0.3) is 11.0 Å². The van der Waals surface area contributed by atoms with Crippen molar-refractivity contribution in [3.63, 3.8) is 0 Å². The van der Waals surface area contributed by atoms with E-state index in [1.165, 1.54) is 0 Å². The van der Waals surface area contributed by atoms with Gasteiger partial charge in [-0.2, -0.15) is 10.4 Å². The lowest BCUT2D eigenvalue weighted by Gasteiger charge is -2.01. The zero-order valence-corrected chi connectivity index (χ0v) is 11.1. The van der Waals surface area contributed by atoms with Gasteiger partial charge in [0, 0.05) is 0 Å². The lowest BCUT2D eigenvalue weighted by molar-refractivity contribution is 1.22. The van der Waals surface area contributed by atoms with Crippen LogP contribution in [0.2, 0.25) is 0 Å². The molecule has 0 aliphatic rings. The average molecular weight is 273 g/mol. The highest BCUT2D eigenvalue weighted by Gasteiger charge is 1.97. The first-order valence-corrected chi connectivity index (χ1v) is 6.36. The molecule has 3 rings (SSSR count). The van der Waals surface area contributed by atoms with E-state index in [4.69, 9.17) is 5.26 Å². The Morgan fingerprint density at radius 3 is 2.57 bits per heavy atom. The fraction of sp³-hybridized carbons (Fsp3) is 0. The summed E-state index contributed by atoms with van der Waals surface area (Å²) in [7, 11) is 0. The maximum Gasteiger partial charge on any atom is 0.165 e. The topological polar surface area (TPSA) is 74.0 Å². The third kappa shape index (κ3) is 3.01. The number of para-hydroxylation sites is 2. The summed E-state index contributed by atoms with van der Waals surface area (Å²) in [6.45, 7) is 0. The van der Waals surface area contributed by atoms with E-state index in [0.717, 1.165) is 16.6 Å². The number of hydrogen-bond donors (Lipinski definition) is 1. The number of fused-ring (bicyclic) bond motifs is 1. The maximum absolute atomic E-state index is 8.73. The van der Waals surface area contributed by atoms with Crippen LogP contribution in [0.3, 0.4) is 0 Å². The number of nitriles is 1. The zero-order chi connectivity index (χ0) is 14.5. The Kier molecular flexibility index (Phi) is 3.52. The molecule has 1 aromatic heterocycles. The number of anilines is 1. The molecule has 0 aliphatic carbocycles. The second-order valence-electron chi connectivity index (χ2n) is 4.35. The molecule has 21 heavy (non-hydrogen) atoms. The summed E-state index contributed by atoms with van der Waals surface area (Å²) in [6.07, 6.45) is 3.30. The minimum absolute atomic E-state index is 0.582. The van der Waals surface area contributed by atoms with Gasteiger partial charge in [-0.1, -0.05) is 24.3 Å². The monoisotopic (exact) mass is 273 g/mol. The molecule has 5 heteroatoms. The second kappa shape index (κ2) is 5.80. The van der Waals surface area contributed by atoms with Gasteiger partial charge in [0.25, 0.3) is 0 Å². The highest BCUT2D eigenvalue weighted by molar-refractivity contribution is 5.80. The van der Waals surface area contributed by atoms with Crippen molar-refractivity contribution in [2.75, 3.05) is 5.43 Å². The molecule has 0 radical (unpaired) electrons. The van der Waals surface area contributed by atoms with Gasteiger partial charge >= 0.3 is 0 Å². The average Bonchev–Trinajstić information content (AvgIpc) is 2.55. The van der Waals surface area contributed by atoms with Crippen molar-refractivity contribution in [1.82, 2.24) is 9.97 Å². The quantitative estimate of drug-likeness (QED) is 0.588. The van der Waals surface area contributed by atoms with E-state index in [1.54, 1.807) is 24.5 Å². The van der Waals surface area contributed by atoms with Crippen LogP contribution in [0, 0.1) is 11.3 Å². The van der Waals surface area contributed by atoms with Crippen molar-refractivity contribution >= 4 is 23.1 Å². The van der Waals surface area contributed by atoms with E-state index in [0.29, 0.717) is 11.4 Å². The molecule has 0 bridgehead atoms. The molecule has 0 unspecified atom stereocenters. The van der Waals surface area contributed by atoms with Crippen LogP contribution in [0.15, 0.2) is 59.8 Å². The van der Waals surface area contributed by atoms with Crippen LogP contribution in [0.1, 0.15) is 11.1 Å². The molecule has 1 N–H and O–H groups in total. The fourth-order valence-electron chi connectivity index (χ4n) is 1.83. The first-order chi connectivity index (χ1) is 10.3. The van der Waals surface area contributed by atoms with Crippen LogP contribution in [-0.4, -0.2) is 16.2 Å². The first-order valence-electron chi connectivity index (χ1n) is 6.36. The minimum Gasteiger partial charge on any atom is -0.260 e. The molecule has 5 nitrogen and oxygen atoms in total. The SMILES string of the molecule is N#Cc1ccc(/C=N/Nc2cnc3ccccc3n2)cc1. The Balaban J connectivity index is 1.73. The maximum atomic E-state index is 8.73. The Labute approximate surface area is 121 Å². The Bertz CT molecular complexity index is 831. The van der Waals surface area contributed by atoms with Gasteiger partial charge in [-0.25, -0.2) is 4.98 Å². The molecule has 1 heterocycles. The van der Waals surface area contributed by atoms with Crippen LogP contribution < -0.4 is 5.43 Å². The van der Waals surface area contributed by atoms with Gasteiger partial charge in [-0.3, -0.25) is 10.4 Å². The smallest absolute Gasteiger partial charge is 0.165 e. The summed E-state index contributed by atoms with van der Waals surface area (Å²) in [5.41, 5.74) is 6.03. The van der Waals surface area contributed by atoms with Crippen molar-refractivity contribution in [3.05, 3.63) is 65.9 Å². The molecule has 3 aromatic rings. The number of hydrazone groups is 1. The van der Waals surface area contributed by atoms with Gasteiger partial charge in [0.1, 0.15) is 0 Å². The number of hydrogen-bond acceptors (Lipinski definition) is 5. The molecule has 0 saturated carbocycles. The standard InChI is InChI=1S/C16H11N5/c17-9-12-5-7-13(8-6-12)10-19-21-16-11-18-14-3-1-2-4-15(14)20-16/h1-8,10-11H,(H,20,21)/b19-10+. The lowest BCUT2D eigenvalue weighted by Crippen LogP contribution is -1.95. The number of benzene rings is 2. The van der Waals surface area contributed by atoms with Crippen molar-refractivity contribution in [2.45, 2.75) is 0 Å². The minimum atomic E-state index is 0.582. The predicted octanol–water partition coefficient (Wildman–Crippen LogP) is 2.95. The molecule has 0 saturated heterocycles. The summed E-state index contributed by atoms with van der Waals surface area (Å²) in [5, 5.41) is 12.8. The van der Waals surface area contributed by atoms with Crippen LogP contribution in [0.4, 0.5) is 5.82 Å². The van der Waals surface area contributed by atoms with Crippen molar-refractivity contribution in [2.24, 2.45) is 5.10 Å². The van der Waals surface area contributed by atoms with E-state index >= 15 is 0 Å². The van der Waals surface area contributed by atoms with E-state index in [2.05, 4.69) is 26.6 Å². The third-order valence-electron chi connectivity index (χ3n) is 2.88. The third-order valence-corrected chi connectivity index (χ3v) is 2.88. The number of aromatic nitrogens is 2. The molecule has 0 atom stereocenters. The molecule has 0 fully saturated rings. The van der Waals surface area contributed by atoms with E-state index in [1.807, 2.05) is 36.4 Å². The van der Waals surface area contributed by atoms with Crippen LogP contribution in [-0.2, 0) is 0 Å². The highest BCUT2D eigenvalue weighted by Crippen LogP contribution is 2.11. The Morgan fingerprint density at radius 1 is 1.05 bits per heavy atom. The number of nitrogens with one attached hydrogen (secondary N) is 1. The highest BCUT2D eigenvalue weighted by atomic mass is 15.3. The van der Waals surface area contributed by atoms with Gasteiger partial charge in [0.15, 0.2) is 5.82 Å². The molecular weight excluding hydrogens is 262 g/mol. The molecule has 0 spiro atoms. The lowest BCUT2D eigenvalue weighted by atomic mass is 10.2. The Hall–Kier alpha value is -3.26. The molecule has 0 amide bonds. The molecule has 100 valence electrons. The van der Waals surface area contributed by atoms with Crippen LogP contribution >= 0.6 is 0 Å². The molecule has 2 aromatic carbocycles. The first kappa shape index (κ1) is 12.8.